The summed E-state index contributed by atoms with van der Waals surface area (Å²) in [5.74, 6) is 0.104. The summed E-state index contributed by atoms with van der Waals surface area (Å²) in [4.78, 5) is 11.6. The molecule has 0 bridgehead atoms. The first-order valence-electron chi connectivity index (χ1n) is 5.70. The van der Waals surface area contributed by atoms with E-state index in [0.717, 1.165) is 16.7 Å². The summed E-state index contributed by atoms with van der Waals surface area (Å²) in [6.07, 6.45) is 0.407. The van der Waals surface area contributed by atoms with Crippen molar-refractivity contribution >= 4 is 5.78 Å². The van der Waals surface area contributed by atoms with Gasteiger partial charge in [-0.2, -0.15) is 0 Å². The van der Waals surface area contributed by atoms with Crippen LogP contribution in [0.3, 0.4) is 0 Å². The summed E-state index contributed by atoms with van der Waals surface area (Å²) in [7, 11) is 0. The average molecular weight is 225 g/mol. The zero-order valence-corrected chi connectivity index (χ0v) is 9.60. The molecule has 2 rings (SSSR count). The van der Waals surface area contributed by atoms with Gasteiger partial charge in [0.25, 0.3) is 0 Å². The van der Waals surface area contributed by atoms with Crippen LogP contribution in [0.5, 0.6) is 0 Å². The fourth-order valence-corrected chi connectivity index (χ4v) is 1.75. The van der Waals surface area contributed by atoms with Gasteiger partial charge in [-0.3, -0.25) is 4.79 Å². The van der Waals surface area contributed by atoms with Crippen LogP contribution in [-0.2, 0) is 0 Å². The molecular weight excluding hydrogens is 210 g/mol. The molecule has 0 aliphatic carbocycles. The normalized spacial score (nSPS) is 10.2. The largest absolute Gasteiger partial charge is 0.330 e. The van der Waals surface area contributed by atoms with E-state index in [1.54, 1.807) is 0 Å². The van der Waals surface area contributed by atoms with Gasteiger partial charge in [-0.05, 0) is 17.7 Å². The van der Waals surface area contributed by atoms with Crippen LogP contribution < -0.4 is 5.73 Å². The number of rotatable bonds is 4. The lowest BCUT2D eigenvalue weighted by Crippen LogP contribution is -2.07. The molecule has 0 amide bonds. The van der Waals surface area contributed by atoms with Gasteiger partial charge < -0.3 is 5.73 Å². The van der Waals surface area contributed by atoms with Gasteiger partial charge in [0.05, 0.1) is 0 Å². The highest BCUT2D eigenvalue weighted by Crippen LogP contribution is 2.19. The highest BCUT2D eigenvalue weighted by atomic mass is 16.1. The van der Waals surface area contributed by atoms with Crippen molar-refractivity contribution in [2.24, 2.45) is 5.73 Å². The fourth-order valence-electron chi connectivity index (χ4n) is 1.75. The molecule has 0 saturated carbocycles. The number of Topliss-reactive ketones (excluding diaryl/α,β-unsaturated/α-hetero) is 1. The summed E-state index contributed by atoms with van der Waals surface area (Å²) in [6.45, 7) is 0.402. The maximum atomic E-state index is 11.6. The second-order valence-corrected chi connectivity index (χ2v) is 3.91. The Kier molecular flexibility index (Phi) is 3.68. The summed E-state index contributed by atoms with van der Waals surface area (Å²) in [5, 5.41) is 0. The highest BCUT2D eigenvalue weighted by Gasteiger charge is 2.04. The number of hydrogen-bond donors (Lipinski definition) is 1. The van der Waals surface area contributed by atoms with Gasteiger partial charge in [-0.25, -0.2) is 0 Å². The molecule has 0 unspecified atom stereocenters. The van der Waals surface area contributed by atoms with Crippen LogP contribution in [0.15, 0.2) is 54.6 Å². The van der Waals surface area contributed by atoms with E-state index in [1.165, 1.54) is 0 Å². The third kappa shape index (κ3) is 2.80. The Labute approximate surface area is 101 Å². The van der Waals surface area contributed by atoms with Gasteiger partial charge in [0.15, 0.2) is 5.78 Å². The van der Waals surface area contributed by atoms with Crippen LogP contribution in [0.1, 0.15) is 16.8 Å². The monoisotopic (exact) mass is 225 g/mol. The molecule has 0 heterocycles. The van der Waals surface area contributed by atoms with Crippen LogP contribution >= 0.6 is 0 Å². The lowest BCUT2D eigenvalue weighted by atomic mass is 10.0. The standard InChI is InChI=1S/C15H15NO/c16-11-10-15(17)14-8-6-13(7-9-14)12-4-2-1-3-5-12/h1-9H,10-11,16H2. The Hall–Kier alpha value is -1.93. The first-order chi connectivity index (χ1) is 8.31. The van der Waals surface area contributed by atoms with Crippen molar-refractivity contribution in [3.05, 3.63) is 60.2 Å². The van der Waals surface area contributed by atoms with E-state index in [2.05, 4.69) is 12.1 Å². The molecule has 2 aromatic rings. The minimum absolute atomic E-state index is 0.104. The van der Waals surface area contributed by atoms with E-state index in [4.69, 9.17) is 5.73 Å². The Balaban J connectivity index is 2.22. The van der Waals surface area contributed by atoms with E-state index in [-0.39, 0.29) is 5.78 Å². The van der Waals surface area contributed by atoms with Crippen LogP contribution in [0.25, 0.3) is 11.1 Å². The molecule has 2 aromatic carbocycles. The molecule has 0 atom stereocenters. The second kappa shape index (κ2) is 5.41. The molecule has 0 radical (unpaired) electrons. The van der Waals surface area contributed by atoms with E-state index in [1.807, 2.05) is 42.5 Å². The van der Waals surface area contributed by atoms with E-state index < -0.39 is 0 Å². The van der Waals surface area contributed by atoms with Crippen LogP contribution in [-0.4, -0.2) is 12.3 Å². The van der Waals surface area contributed by atoms with Gasteiger partial charge in [0, 0.05) is 12.0 Å². The predicted octanol–water partition coefficient (Wildman–Crippen LogP) is 2.89. The first kappa shape index (κ1) is 11.6. The maximum Gasteiger partial charge on any atom is 0.164 e. The van der Waals surface area contributed by atoms with Crippen LogP contribution in [0.2, 0.25) is 0 Å². The SMILES string of the molecule is NCCC(=O)c1ccc(-c2ccccc2)cc1. The summed E-state index contributed by atoms with van der Waals surface area (Å²) < 4.78 is 0. The van der Waals surface area contributed by atoms with Crippen molar-refractivity contribution < 1.29 is 4.79 Å². The second-order valence-electron chi connectivity index (χ2n) is 3.91. The minimum Gasteiger partial charge on any atom is -0.330 e. The Morgan fingerprint density at radius 1 is 0.882 bits per heavy atom. The third-order valence-corrected chi connectivity index (χ3v) is 2.69. The van der Waals surface area contributed by atoms with Gasteiger partial charge in [0.2, 0.25) is 0 Å². The van der Waals surface area contributed by atoms with Crippen molar-refractivity contribution in [3.63, 3.8) is 0 Å². The van der Waals surface area contributed by atoms with Crippen molar-refractivity contribution in [3.8, 4) is 11.1 Å². The molecule has 0 aliphatic heterocycles. The highest BCUT2D eigenvalue weighted by molar-refractivity contribution is 5.96. The van der Waals surface area contributed by atoms with Gasteiger partial charge in [-0.1, -0.05) is 54.6 Å². The van der Waals surface area contributed by atoms with Gasteiger partial charge in [0.1, 0.15) is 0 Å². The van der Waals surface area contributed by atoms with Crippen LogP contribution in [0.4, 0.5) is 0 Å². The number of ketones is 1. The number of hydrogen-bond acceptors (Lipinski definition) is 2. The minimum atomic E-state index is 0.104. The number of carbonyl (C=O) groups is 1. The molecule has 2 nitrogen and oxygen atoms in total. The molecule has 0 saturated heterocycles. The number of nitrogens with two attached hydrogens (primary N) is 1. The molecular formula is C15H15NO. The quantitative estimate of drug-likeness (QED) is 0.813. The van der Waals surface area contributed by atoms with Crippen molar-refractivity contribution in [2.45, 2.75) is 6.42 Å². The number of benzene rings is 2. The molecule has 86 valence electrons. The Morgan fingerprint density at radius 3 is 2.06 bits per heavy atom. The third-order valence-electron chi connectivity index (χ3n) is 2.69. The predicted molar refractivity (Wildman–Crippen MR) is 69.9 cm³/mol. The molecule has 2 N–H and O–H groups in total. The van der Waals surface area contributed by atoms with E-state index >= 15 is 0 Å². The smallest absolute Gasteiger partial charge is 0.164 e. The van der Waals surface area contributed by atoms with E-state index in [0.29, 0.717) is 13.0 Å². The maximum absolute atomic E-state index is 11.6. The summed E-state index contributed by atoms with van der Waals surface area (Å²) >= 11 is 0. The lowest BCUT2D eigenvalue weighted by molar-refractivity contribution is 0.0985. The summed E-state index contributed by atoms with van der Waals surface area (Å²) in [6, 6.07) is 17.8. The topological polar surface area (TPSA) is 43.1 Å². The zero-order valence-electron chi connectivity index (χ0n) is 9.60. The molecule has 0 fully saturated rings. The average Bonchev–Trinajstić information content (AvgIpc) is 2.40. The van der Waals surface area contributed by atoms with Crippen molar-refractivity contribution in [2.75, 3.05) is 6.54 Å². The molecule has 0 aliphatic rings. The number of carbonyl (C=O) groups excluding carboxylic acids is 1. The first-order valence-corrected chi connectivity index (χ1v) is 5.70. The zero-order chi connectivity index (χ0) is 12.1. The van der Waals surface area contributed by atoms with Gasteiger partial charge >= 0.3 is 0 Å². The Bertz CT molecular complexity index is 488. The lowest BCUT2D eigenvalue weighted by Gasteiger charge is -2.03. The van der Waals surface area contributed by atoms with Crippen molar-refractivity contribution in [1.82, 2.24) is 0 Å². The fraction of sp³-hybridized carbons (Fsp3) is 0.133. The summed E-state index contributed by atoms with van der Waals surface area (Å²) in [5.41, 5.74) is 8.38. The van der Waals surface area contributed by atoms with Crippen LogP contribution in [0, 0.1) is 0 Å². The van der Waals surface area contributed by atoms with Crippen molar-refractivity contribution in [1.29, 1.82) is 0 Å². The van der Waals surface area contributed by atoms with E-state index in [9.17, 15) is 4.79 Å². The molecule has 2 heteroatoms. The Morgan fingerprint density at radius 2 is 1.47 bits per heavy atom. The molecule has 0 spiro atoms. The van der Waals surface area contributed by atoms with Gasteiger partial charge in [-0.15, -0.1) is 0 Å². The molecule has 0 aromatic heterocycles. The molecule has 17 heavy (non-hydrogen) atoms.